The normalized spacial score (nSPS) is 20.7. The highest BCUT2D eigenvalue weighted by Crippen LogP contribution is 2.42. The van der Waals surface area contributed by atoms with Crippen LogP contribution in [0.1, 0.15) is 60.5 Å². The number of fused-ring (bicyclic) bond motifs is 2. The number of anilines is 6. The van der Waals surface area contributed by atoms with Gasteiger partial charge in [0.1, 0.15) is 30.3 Å². The number of piperidine rings is 2. The van der Waals surface area contributed by atoms with E-state index in [1.54, 1.807) is 43.9 Å². The number of piperazine rings is 1. The number of imide groups is 1. The van der Waals surface area contributed by atoms with Crippen molar-refractivity contribution in [3.05, 3.63) is 82.2 Å². The van der Waals surface area contributed by atoms with Gasteiger partial charge in [0, 0.05) is 120 Å². The molecule has 0 bridgehead atoms. The van der Waals surface area contributed by atoms with Gasteiger partial charge in [-0.25, -0.2) is 4.98 Å². The number of ether oxygens (including phenoxy) is 1. The average molecular weight is 1020 g/mol. The topological polar surface area (TPSA) is 181 Å². The average Bonchev–Trinajstić information content (AvgIpc) is 3.95. The minimum absolute atomic E-state index is 0.128. The zero-order valence-electron chi connectivity index (χ0n) is 39.7. The van der Waals surface area contributed by atoms with Gasteiger partial charge in [-0.1, -0.05) is 6.92 Å². The summed E-state index contributed by atoms with van der Waals surface area (Å²) in [6, 6.07) is 14.1. The number of carbonyl (C=O) groups excluding carboxylic acids is 3. The number of hydrogen-bond donors (Lipinski definition) is 3. The molecular formula is C50H60BrN12O5P. The first-order valence-electron chi connectivity index (χ1n) is 24.1. The minimum Gasteiger partial charge on any atom is -0.494 e. The maximum absolute atomic E-state index is 13.6. The molecule has 2 aromatic heterocycles. The van der Waals surface area contributed by atoms with E-state index in [1.165, 1.54) is 11.3 Å². The Kier molecular flexibility index (Phi) is 13.4. The van der Waals surface area contributed by atoms with Gasteiger partial charge < -0.3 is 39.5 Å². The van der Waals surface area contributed by atoms with Gasteiger partial charge >= 0.3 is 0 Å². The predicted octanol–water partition coefficient (Wildman–Crippen LogP) is 6.36. The number of aryl methyl sites for hydroxylation is 1. The van der Waals surface area contributed by atoms with Crippen molar-refractivity contribution in [3.8, 4) is 5.75 Å². The molecule has 4 saturated heterocycles. The maximum atomic E-state index is 13.6. The third-order valence-electron chi connectivity index (χ3n) is 14.6. The van der Waals surface area contributed by atoms with Crippen molar-refractivity contribution in [1.82, 2.24) is 40.0 Å². The molecule has 0 aliphatic carbocycles. The minimum atomic E-state index is -2.78. The highest BCUT2D eigenvalue weighted by molar-refractivity contribution is 9.10. The van der Waals surface area contributed by atoms with Gasteiger partial charge in [0.25, 0.3) is 5.91 Å². The van der Waals surface area contributed by atoms with E-state index < -0.39 is 13.2 Å². The Morgan fingerprint density at radius 2 is 1.65 bits per heavy atom. The molecule has 69 heavy (non-hydrogen) atoms. The maximum Gasteiger partial charge on any atom is 0.255 e. The van der Waals surface area contributed by atoms with Crippen LogP contribution in [0.4, 0.5) is 34.5 Å². The molecule has 0 saturated carbocycles. The van der Waals surface area contributed by atoms with E-state index in [9.17, 15) is 18.9 Å². The lowest BCUT2D eigenvalue weighted by Crippen LogP contribution is -2.54. The van der Waals surface area contributed by atoms with Crippen LogP contribution in [0.3, 0.4) is 0 Å². The molecule has 3 aromatic carbocycles. The molecule has 362 valence electrons. The second-order valence-electron chi connectivity index (χ2n) is 19.3. The zero-order valence-corrected chi connectivity index (χ0v) is 42.2. The molecule has 2 atom stereocenters. The Labute approximate surface area is 411 Å². The van der Waals surface area contributed by atoms with Crippen LogP contribution in [0.15, 0.2) is 65.5 Å². The number of aromatic nitrogens is 4. The second kappa shape index (κ2) is 19.6. The molecule has 3 N–H and O–H groups in total. The van der Waals surface area contributed by atoms with Crippen molar-refractivity contribution in [2.24, 2.45) is 5.92 Å². The zero-order chi connectivity index (χ0) is 48.0. The van der Waals surface area contributed by atoms with Crippen molar-refractivity contribution >= 4 is 91.6 Å². The smallest absolute Gasteiger partial charge is 0.255 e. The van der Waals surface area contributed by atoms with Gasteiger partial charge in [-0.15, -0.1) is 0 Å². The van der Waals surface area contributed by atoms with Gasteiger partial charge in [0.05, 0.1) is 33.8 Å². The number of amides is 3. The Bertz CT molecular complexity index is 2850. The summed E-state index contributed by atoms with van der Waals surface area (Å²) < 4.78 is 20.2. The molecular weight excluding hydrogens is 960 g/mol. The number of carbonyl (C=O) groups is 3. The summed E-state index contributed by atoms with van der Waals surface area (Å²) in [4.78, 5) is 67.8. The van der Waals surface area contributed by atoms with Gasteiger partial charge in [-0.3, -0.25) is 34.6 Å². The molecule has 5 aromatic rings. The van der Waals surface area contributed by atoms with Gasteiger partial charge in [0.15, 0.2) is 0 Å². The summed E-state index contributed by atoms with van der Waals surface area (Å²) in [7, 11) is -1.08. The SMILES string of the molecule is CCc1cc(Nc2ncc(Br)c(Nc3ccc4nccnc4c3P(C)(C)=O)n2)c(OC)cc1N1CCC(N2CCN(C[C@H]3CCN(c4ccc5c(c4)CN(C4CCC(=O)NC4=O)C5=O)C3)CC2)CC1. The Balaban J connectivity index is 0.718. The molecule has 10 rings (SSSR count). The lowest BCUT2D eigenvalue weighted by atomic mass is 9.99. The summed E-state index contributed by atoms with van der Waals surface area (Å²) in [6.45, 7) is 15.4. The van der Waals surface area contributed by atoms with Crippen LogP contribution in [0.25, 0.3) is 11.0 Å². The molecule has 1 unspecified atom stereocenters. The largest absolute Gasteiger partial charge is 0.494 e. The Morgan fingerprint density at radius 1 is 0.870 bits per heavy atom. The number of benzene rings is 3. The molecule has 19 heteroatoms. The third kappa shape index (κ3) is 9.77. The number of methoxy groups -OCH3 is 1. The van der Waals surface area contributed by atoms with Crippen molar-refractivity contribution in [3.63, 3.8) is 0 Å². The first kappa shape index (κ1) is 47.0. The van der Waals surface area contributed by atoms with E-state index >= 15 is 0 Å². The van der Waals surface area contributed by atoms with Crippen LogP contribution in [-0.4, -0.2) is 144 Å². The van der Waals surface area contributed by atoms with Crippen LogP contribution < -0.4 is 35.8 Å². The summed E-state index contributed by atoms with van der Waals surface area (Å²) >= 11 is 3.61. The second-order valence-corrected chi connectivity index (χ2v) is 23.3. The molecule has 17 nitrogen and oxygen atoms in total. The van der Waals surface area contributed by atoms with Crippen molar-refractivity contribution in [2.45, 2.75) is 64.1 Å². The Morgan fingerprint density at radius 3 is 2.41 bits per heavy atom. The first-order chi connectivity index (χ1) is 33.3. The quantitative estimate of drug-likeness (QED) is 0.0875. The summed E-state index contributed by atoms with van der Waals surface area (Å²) in [5, 5.41) is 9.82. The van der Waals surface area contributed by atoms with E-state index in [0.29, 0.717) is 74.5 Å². The third-order valence-corrected chi connectivity index (χ3v) is 16.7. The monoisotopic (exact) mass is 1020 g/mol. The fourth-order valence-electron chi connectivity index (χ4n) is 11.0. The molecule has 0 spiro atoms. The van der Waals surface area contributed by atoms with E-state index in [0.717, 1.165) is 102 Å². The lowest BCUT2D eigenvalue weighted by molar-refractivity contribution is -0.136. The Hall–Kier alpha value is -5.68. The number of nitrogens with one attached hydrogen (secondary N) is 3. The first-order valence-corrected chi connectivity index (χ1v) is 27.5. The summed E-state index contributed by atoms with van der Waals surface area (Å²) in [5.41, 5.74) is 7.87. The molecule has 5 aliphatic rings. The van der Waals surface area contributed by atoms with Crippen molar-refractivity contribution in [2.75, 3.05) is 99.8 Å². The van der Waals surface area contributed by atoms with Crippen LogP contribution in [-0.2, 0) is 27.1 Å². The van der Waals surface area contributed by atoms with Gasteiger partial charge in [-0.05, 0) is 115 Å². The van der Waals surface area contributed by atoms with E-state index in [1.807, 2.05) is 18.2 Å². The van der Waals surface area contributed by atoms with E-state index in [-0.39, 0.29) is 24.1 Å². The number of nitrogens with zero attached hydrogens (tertiary/aromatic N) is 9. The van der Waals surface area contributed by atoms with Crippen LogP contribution in [0.5, 0.6) is 5.75 Å². The number of halogens is 1. The van der Waals surface area contributed by atoms with E-state index in [2.05, 4.69) is 97.6 Å². The lowest BCUT2D eigenvalue weighted by Gasteiger charge is -2.44. The van der Waals surface area contributed by atoms with Crippen LogP contribution in [0, 0.1) is 5.92 Å². The predicted molar refractivity (Wildman–Crippen MR) is 273 cm³/mol. The number of rotatable bonds is 13. The fourth-order valence-corrected chi connectivity index (χ4v) is 12.7. The summed E-state index contributed by atoms with van der Waals surface area (Å²) in [5.74, 6) is 1.42. The molecule has 7 heterocycles. The highest BCUT2D eigenvalue weighted by atomic mass is 79.9. The van der Waals surface area contributed by atoms with Gasteiger partial charge in [0.2, 0.25) is 17.8 Å². The number of hydrogen-bond acceptors (Lipinski definition) is 15. The van der Waals surface area contributed by atoms with Crippen molar-refractivity contribution < 1.29 is 23.7 Å². The van der Waals surface area contributed by atoms with Gasteiger partial charge in [-0.2, -0.15) is 4.98 Å². The highest BCUT2D eigenvalue weighted by Gasteiger charge is 2.40. The van der Waals surface area contributed by atoms with Crippen LogP contribution in [0.2, 0.25) is 0 Å². The van der Waals surface area contributed by atoms with Crippen molar-refractivity contribution in [1.29, 1.82) is 0 Å². The molecule has 3 amide bonds. The molecule has 5 aliphatic heterocycles. The summed E-state index contributed by atoms with van der Waals surface area (Å²) in [6.07, 6.45) is 9.78. The molecule has 0 radical (unpaired) electrons. The molecule has 4 fully saturated rings. The fraction of sp³-hybridized carbons (Fsp3) is 0.460. The standard InChI is InChI=1S/C50H60BrN12O5P/c1-5-32-25-40(56-50-54-27-37(51)47(58-50)55-39-9-8-38-45(53-16-15-52-38)46(39)69(3,4)67)43(68-2)26-42(32)61-18-13-34(14-19-61)60-22-20-59(21-23-60)28-31-12-17-62(29-31)35-6-7-36-33(24-35)30-63(49(36)66)41-10-11-44(64)57-48(41)65/h6-9,15-16,24-27,31,34,41H,5,10-14,17-23,28-30H2,1-4H3,(H,57,64,65)(H2,54,55,56,58)/t31-,41?/m1/s1. The van der Waals surface area contributed by atoms with E-state index in [4.69, 9.17) is 9.72 Å². The van der Waals surface area contributed by atoms with Crippen LogP contribution >= 0.6 is 23.1 Å².